The Morgan fingerprint density at radius 1 is 1.25 bits per heavy atom. The molecule has 0 saturated carbocycles. The van der Waals surface area contributed by atoms with Crippen LogP contribution in [0.15, 0.2) is 12.4 Å². The second kappa shape index (κ2) is 6.08. The molecular formula is C16H26N4. The summed E-state index contributed by atoms with van der Waals surface area (Å²) >= 11 is 0. The van der Waals surface area contributed by atoms with Gasteiger partial charge in [-0.05, 0) is 45.1 Å². The molecule has 2 atom stereocenters. The minimum Gasteiger partial charge on any atom is -0.370 e. The average molecular weight is 274 g/mol. The van der Waals surface area contributed by atoms with Gasteiger partial charge in [0.15, 0.2) is 0 Å². The van der Waals surface area contributed by atoms with Crippen LogP contribution in [0.25, 0.3) is 0 Å². The van der Waals surface area contributed by atoms with E-state index in [4.69, 9.17) is 0 Å². The van der Waals surface area contributed by atoms with Gasteiger partial charge < -0.3 is 10.2 Å². The maximum Gasteiger partial charge on any atom is 0.129 e. The molecular weight excluding hydrogens is 248 g/mol. The Kier molecular flexibility index (Phi) is 4.20. The van der Waals surface area contributed by atoms with Crippen molar-refractivity contribution in [2.45, 2.75) is 57.5 Å². The summed E-state index contributed by atoms with van der Waals surface area (Å²) in [5, 5.41) is 3.53. The predicted molar refractivity (Wildman–Crippen MR) is 81.8 cm³/mol. The molecule has 2 saturated heterocycles. The van der Waals surface area contributed by atoms with Gasteiger partial charge in [0.25, 0.3) is 0 Å². The Hall–Kier alpha value is -1.16. The van der Waals surface area contributed by atoms with Crippen LogP contribution in [-0.2, 0) is 6.42 Å². The Balaban J connectivity index is 1.53. The van der Waals surface area contributed by atoms with E-state index >= 15 is 0 Å². The van der Waals surface area contributed by atoms with E-state index in [2.05, 4.69) is 40.2 Å². The van der Waals surface area contributed by atoms with E-state index in [1.165, 1.54) is 25.7 Å². The van der Waals surface area contributed by atoms with Crippen molar-refractivity contribution in [3.63, 3.8) is 0 Å². The second-order valence-corrected chi connectivity index (χ2v) is 6.41. The van der Waals surface area contributed by atoms with E-state index in [-0.39, 0.29) is 0 Å². The largest absolute Gasteiger partial charge is 0.370 e. The van der Waals surface area contributed by atoms with Gasteiger partial charge in [-0.1, -0.05) is 13.3 Å². The highest BCUT2D eigenvalue weighted by Gasteiger charge is 2.38. The summed E-state index contributed by atoms with van der Waals surface area (Å²) in [6, 6.07) is 3.75. The molecule has 1 N–H and O–H groups in total. The number of hydrogen-bond acceptors (Lipinski definition) is 4. The lowest BCUT2D eigenvalue weighted by atomic mass is 9.91. The van der Waals surface area contributed by atoms with Gasteiger partial charge in [-0.25, -0.2) is 9.97 Å². The highest BCUT2D eigenvalue weighted by molar-refractivity contribution is 5.34. The lowest BCUT2D eigenvalue weighted by molar-refractivity contribution is 0.139. The van der Waals surface area contributed by atoms with Crippen LogP contribution < -0.4 is 5.32 Å². The van der Waals surface area contributed by atoms with E-state index in [1.54, 1.807) is 6.33 Å². The fourth-order valence-corrected chi connectivity index (χ4v) is 3.83. The number of aryl methyl sites for hydroxylation is 1. The van der Waals surface area contributed by atoms with Crippen LogP contribution in [0.4, 0.5) is 5.82 Å². The molecule has 0 radical (unpaired) electrons. The molecule has 0 aliphatic carbocycles. The van der Waals surface area contributed by atoms with E-state index in [0.717, 1.165) is 48.9 Å². The minimum atomic E-state index is 0.799. The molecule has 2 aliphatic heterocycles. The van der Waals surface area contributed by atoms with Gasteiger partial charge in [0.1, 0.15) is 12.1 Å². The summed E-state index contributed by atoms with van der Waals surface area (Å²) in [7, 11) is 2.30. The third-order valence-electron chi connectivity index (χ3n) is 5.00. The fraction of sp³-hybridized carbons (Fsp3) is 0.750. The molecule has 0 aromatic carbocycles. The van der Waals surface area contributed by atoms with Crippen LogP contribution >= 0.6 is 0 Å². The summed E-state index contributed by atoms with van der Waals surface area (Å²) in [5.74, 6) is 1.79. The van der Waals surface area contributed by atoms with Gasteiger partial charge in [-0.15, -0.1) is 0 Å². The van der Waals surface area contributed by atoms with Crippen molar-refractivity contribution in [1.29, 1.82) is 0 Å². The SMILES string of the molecule is CCCc1cc(NCC2CC3CCC(C2)N3C)ncn1. The molecule has 4 heteroatoms. The zero-order valence-electron chi connectivity index (χ0n) is 12.7. The van der Waals surface area contributed by atoms with Crippen LogP contribution in [0.5, 0.6) is 0 Å². The highest BCUT2D eigenvalue weighted by Crippen LogP contribution is 2.37. The molecule has 110 valence electrons. The number of piperidine rings is 1. The zero-order valence-corrected chi connectivity index (χ0v) is 12.7. The smallest absolute Gasteiger partial charge is 0.129 e. The molecule has 3 rings (SSSR count). The molecule has 2 aliphatic rings. The molecule has 20 heavy (non-hydrogen) atoms. The second-order valence-electron chi connectivity index (χ2n) is 6.41. The normalized spacial score (nSPS) is 29.6. The highest BCUT2D eigenvalue weighted by atomic mass is 15.2. The lowest BCUT2D eigenvalue weighted by Gasteiger charge is -2.36. The summed E-state index contributed by atoms with van der Waals surface area (Å²) in [4.78, 5) is 11.2. The van der Waals surface area contributed by atoms with Crippen LogP contribution in [0.2, 0.25) is 0 Å². The topological polar surface area (TPSA) is 41.0 Å². The molecule has 3 heterocycles. The first-order chi connectivity index (χ1) is 9.76. The molecule has 0 spiro atoms. The fourth-order valence-electron chi connectivity index (χ4n) is 3.83. The summed E-state index contributed by atoms with van der Waals surface area (Å²) in [6.07, 6.45) is 9.33. The van der Waals surface area contributed by atoms with Crippen molar-refractivity contribution in [3.05, 3.63) is 18.1 Å². The number of nitrogens with zero attached hydrogens (tertiary/aromatic N) is 3. The third-order valence-corrected chi connectivity index (χ3v) is 5.00. The maximum absolute atomic E-state index is 4.34. The Morgan fingerprint density at radius 2 is 2.00 bits per heavy atom. The van der Waals surface area contributed by atoms with Gasteiger partial charge in [-0.2, -0.15) is 0 Å². The van der Waals surface area contributed by atoms with Crippen molar-refractivity contribution in [2.24, 2.45) is 5.92 Å². The quantitative estimate of drug-likeness (QED) is 0.896. The number of aromatic nitrogens is 2. The Labute approximate surface area is 122 Å². The van der Waals surface area contributed by atoms with Crippen molar-refractivity contribution in [2.75, 3.05) is 18.9 Å². The average Bonchev–Trinajstić information content (AvgIpc) is 2.68. The van der Waals surface area contributed by atoms with Crippen LogP contribution in [0.1, 0.15) is 44.7 Å². The van der Waals surface area contributed by atoms with E-state index in [9.17, 15) is 0 Å². The van der Waals surface area contributed by atoms with Crippen LogP contribution in [-0.4, -0.2) is 40.5 Å². The molecule has 0 amide bonds. The lowest BCUT2D eigenvalue weighted by Crippen LogP contribution is -2.41. The zero-order chi connectivity index (χ0) is 13.9. The Morgan fingerprint density at radius 3 is 2.70 bits per heavy atom. The first-order valence-electron chi connectivity index (χ1n) is 8.03. The Bertz CT molecular complexity index is 434. The van der Waals surface area contributed by atoms with Gasteiger partial charge in [-0.3, -0.25) is 0 Å². The molecule has 2 unspecified atom stereocenters. The number of anilines is 1. The number of nitrogens with one attached hydrogen (secondary N) is 1. The summed E-state index contributed by atoms with van der Waals surface area (Å²) < 4.78 is 0. The maximum atomic E-state index is 4.34. The van der Waals surface area contributed by atoms with E-state index in [0.29, 0.717) is 0 Å². The van der Waals surface area contributed by atoms with Gasteiger partial charge >= 0.3 is 0 Å². The van der Waals surface area contributed by atoms with E-state index < -0.39 is 0 Å². The third kappa shape index (κ3) is 2.95. The first-order valence-corrected chi connectivity index (χ1v) is 8.03. The van der Waals surface area contributed by atoms with Crippen LogP contribution in [0.3, 0.4) is 0 Å². The van der Waals surface area contributed by atoms with Crippen LogP contribution in [0, 0.1) is 5.92 Å². The first kappa shape index (κ1) is 13.8. The minimum absolute atomic E-state index is 0.799. The molecule has 1 aromatic heterocycles. The van der Waals surface area contributed by atoms with Crippen molar-refractivity contribution in [3.8, 4) is 0 Å². The monoisotopic (exact) mass is 274 g/mol. The van der Waals surface area contributed by atoms with Gasteiger partial charge in [0, 0.05) is 30.4 Å². The summed E-state index contributed by atoms with van der Waals surface area (Å²) in [6.45, 7) is 3.24. The number of rotatable bonds is 5. The standard InChI is InChI=1S/C16H26N4/c1-3-4-13-9-16(19-11-18-13)17-10-12-7-14-5-6-15(8-12)20(14)2/h9,11-12,14-15H,3-8,10H2,1-2H3,(H,17,18,19). The molecule has 1 aromatic rings. The molecule has 2 bridgehead atoms. The van der Waals surface area contributed by atoms with Gasteiger partial charge in [0.05, 0.1) is 0 Å². The predicted octanol–water partition coefficient (Wildman–Crippen LogP) is 2.71. The number of hydrogen-bond donors (Lipinski definition) is 1. The van der Waals surface area contributed by atoms with Crippen molar-refractivity contribution < 1.29 is 0 Å². The van der Waals surface area contributed by atoms with E-state index in [1.807, 2.05) is 0 Å². The van der Waals surface area contributed by atoms with Gasteiger partial charge in [0.2, 0.25) is 0 Å². The van der Waals surface area contributed by atoms with Crippen molar-refractivity contribution >= 4 is 5.82 Å². The van der Waals surface area contributed by atoms with Crippen molar-refractivity contribution in [1.82, 2.24) is 14.9 Å². The number of fused-ring (bicyclic) bond motifs is 2. The molecule has 4 nitrogen and oxygen atoms in total. The summed E-state index contributed by atoms with van der Waals surface area (Å²) in [5.41, 5.74) is 1.15. The molecule has 2 fully saturated rings.